The predicted molar refractivity (Wildman–Crippen MR) is 95.0 cm³/mol. The van der Waals surface area contributed by atoms with Crippen LogP contribution in [0.15, 0.2) is 11.6 Å². The molecule has 0 amide bonds. The molecule has 4 fully saturated rings. The standard InChI is InChI=1S/C22H34O/c1-4-16-6-8-19-18-7-5-17-13-15(2)9-12-22(17,14-23)20(18)10-11-21(16,19)3/h4,14-15,17-20H,5-13H2,1-3H3/b16-4-. The van der Waals surface area contributed by atoms with Gasteiger partial charge in [-0.25, -0.2) is 0 Å². The average Bonchev–Trinajstić information content (AvgIpc) is 2.90. The smallest absolute Gasteiger partial charge is 0.126 e. The second-order valence-electron chi connectivity index (χ2n) is 9.57. The zero-order valence-corrected chi connectivity index (χ0v) is 15.3. The Bertz CT molecular complexity index is 520. The van der Waals surface area contributed by atoms with Crippen LogP contribution in [-0.4, -0.2) is 6.29 Å². The van der Waals surface area contributed by atoms with Crippen LogP contribution in [0.25, 0.3) is 0 Å². The van der Waals surface area contributed by atoms with Crippen molar-refractivity contribution in [2.75, 3.05) is 0 Å². The summed E-state index contributed by atoms with van der Waals surface area (Å²) in [5.74, 6) is 3.89. The summed E-state index contributed by atoms with van der Waals surface area (Å²) in [7, 11) is 0. The van der Waals surface area contributed by atoms with Gasteiger partial charge in [-0.2, -0.15) is 0 Å². The number of allylic oxidation sites excluding steroid dienone is 2. The predicted octanol–water partition coefficient (Wildman–Crippen LogP) is 5.79. The molecule has 0 aliphatic heterocycles. The highest BCUT2D eigenvalue weighted by molar-refractivity contribution is 5.61. The molecule has 0 saturated heterocycles. The van der Waals surface area contributed by atoms with Crippen LogP contribution in [-0.2, 0) is 4.79 Å². The molecular formula is C22H34O. The molecule has 7 atom stereocenters. The monoisotopic (exact) mass is 314 g/mol. The van der Waals surface area contributed by atoms with E-state index in [2.05, 4.69) is 26.8 Å². The molecule has 0 heterocycles. The van der Waals surface area contributed by atoms with E-state index < -0.39 is 0 Å². The molecule has 23 heavy (non-hydrogen) atoms. The van der Waals surface area contributed by atoms with Gasteiger partial charge in [0.2, 0.25) is 0 Å². The van der Waals surface area contributed by atoms with Gasteiger partial charge in [-0.05, 0) is 99.7 Å². The van der Waals surface area contributed by atoms with Crippen molar-refractivity contribution in [1.29, 1.82) is 0 Å². The first-order valence-electron chi connectivity index (χ1n) is 10.2. The Balaban J connectivity index is 1.67. The van der Waals surface area contributed by atoms with E-state index >= 15 is 0 Å². The molecule has 4 rings (SSSR count). The lowest BCUT2D eigenvalue weighted by atomic mass is 9.44. The van der Waals surface area contributed by atoms with Crippen molar-refractivity contribution in [3.63, 3.8) is 0 Å². The Kier molecular flexibility index (Phi) is 3.78. The van der Waals surface area contributed by atoms with Crippen LogP contribution in [0, 0.1) is 40.4 Å². The summed E-state index contributed by atoms with van der Waals surface area (Å²) < 4.78 is 0. The van der Waals surface area contributed by atoms with E-state index in [1.807, 2.05) is 0 Å². The molecule has 0 aromatic rings. The van der Waals surface area contributed by atoms with Gasteiger partial charge in [-0.3, -0.25) is 0 Å². The molecule has 1 heteroatoms. The van der Waals surface area contributed by atoms with Crippen LogP contribution in [0.5, 0.6) is 0 Å². The van der Waals surface area contributed by atoms with E-state index in [0.29, 0.717) is 17.3 Å². The van der Waals surface area contributed by atoms with Crippen molar-refractivity contribution in [3.8, 4) is 0 Å². The van der Waals surface area contributed by atoms with Gasteiger partial charge in [0.1, 0.15) is 6.29 Å². The summed E-state index contributed by atoms with van der Waals surface area (Å²) in [5, 5.41) is 0. The number of hydrogen-bond acceptors (Lipinski definition) is 1. The zero-order chi connectivity index (χ0) is 16.2. The van der Waals surface area contributed by atoms with E-state index in [-0.39, 0.29) is 5.41 Å². The maximum absolute atomic E-state index is 12.4. The van der Waals surface area contributed by atoms with Gasteiger partial charge in [0.05, 0.1) is 0 Å². The molecule has 4 aliphatic carbocycles. The number of fused-ring (bicyclic) bond motifs is 5. The first kappa shape index (κ1) is 15.9. The molecule has 0 bridgehead atoms. The van der Waals surface area contributed by atoms with E-state index in [9.17, 15) is 4.79 Å². The fourth-order valence-corrected chi connectivity index (χ4v) is 7.71. The number of rotatable bonds is 1. The lowest BCUT2D eigenvalue weighted by Crippen LogP contribution is -2.54. The molecule has 4 saturated carbocycles. The molecule has 1 nitrogen and oxygen atoms in total. The summed E-state index contributed by atoms with van der Waals surface area (Å²) in [4.78, 5) is 12.4. The van der Waals surface area contributed by atoms with Crippen molar-refractivity contribution in [2.24, 2.45) is 40.4 Å². The SMILES string of the molecule is C/C=C1/CCC2C3CCC4CC(C)CCC4(C=O)C3CCC12C. The summed E-state index contributed by atoms with van der Waals surface area (Å²) in [6.07, 6.45) is 15.7. The molecule has 0 radical (unpaired) electrons. The van der Waals surface area contributed by atoms with Gasteiger partial charge < -0.3 is 4.79 Å². The summed E-state index contributed by atoms with van der Waals surface area (Å²) in [6, 6.07) is 0. The van der Waals surface area contributed by atoms with Crippen LogP contribution < -0.4 is 0 Å². The van der Waals surface area contributed by atoms with E-state index in [1.54, 1.807) is 5.57 Å². The van der Waals surface area contributed by atoms with E-state index in [4.69, 9.17) is 0 Å². The first-order chi connectivity index (χ1) is 11.0. The number of carbonyl (C=O) groups is 1. The minimum atomic E-state index is 0.0510. The maximum Gasteiger partial charge on any atom is 0.126 e. The summed E-state index contributed by atoms with van der Waals surface area (Å²) >= 11 is 0. The van der Waals surface area contributed by atoms with Crippen molar-refractivity contribution < 1.29 is 4.79 Å². The fraction of sp³-hybridized carbons (Fsp3) is 0.864. The highest BCUT2D eigenvalue weighted by atomic mass is 16.1. The Morgan fingerprint density at radius 3 is 2.61 bits per heavy atom. The topological polar surface area (TPSA) is 17.1 Å². The number of hydrogen-bond donors (Lipinski definition) is 0. The molecule has 0 aromatic heterocycles. The van der Waals surface area contributed by atoms with Crippen LogP contribution in [0.2, 0.25) is 0 Å². The minimum absolute atomic E-state index is 0.0510. The third-order valence-corrected chi connectivity index (χ3v) is 8.91. The van der Waals surface area contributed by atoms with Gasteiger partial charge in [0, 0.05) is 5.41 Å². The quantitative estimate of drug-likeness (QED) is 0.442. The first-order valence-corrected chi connectivity index (χ1v) is 10.2. The fourth-order valence-electron chi connectivity index (χ4n) is 7.71. The maximum atomic E-state index is 12.4. The van der Waals surface area contributed by atoms with Gasteiger partial charge in [-0.1, -0.05) is 25.5 Å². The highest BCUT2D eigenvalue weighted by Crippen LogP contribution is 2.67. The second-order valence-corrected chi connectivity index (χ2v) is 9.57. The normalized spacial score (nSPS) is 54.2. The molecule has 7 unspecified atom stereocenters. The van der Waals surface area contributed by atoms with E-state index in [1.165, 1.54) is 64.1 Å². The minimum Gasteiger partial charge on any atom is -0.303 e. The molecule has 4 aliphatic rings. The highest BCUT2D eigenvalue weighted by Gasteiger charge is 2.60. The Morgan fingerprint density at radius 2 is 1.87 bits per heavy atom. The third-order valence-electron chi connectivity index (χ3n) is 8.91. The zero-order valence-electron chi connectivity index (χ0n) is 15.3. The molecular weight excluding hydrogens is 280 g/mol. The summed E-state index contributed by atoms with van der Waals surface area (Å²) in [6.45, 7) is 7.17. The van der Waals surface area contributed by atoms with E-state index in [0.717, 1.165) is 17.8 Å². The van der Waals surface area contributed by atoms with Crippen LogP contribution in [0.4, 0.5) is 0 Å². The van der Waals surface area contributed by atoms with Crippen molar-refractivity contribution >= 4 is 6.29 Å². The average molecular weight is 315 g/mol. The van der Waals surface area contributed by atoms with Crippen molar-refractivity contribution in [1.82, 2.24) is 0 Å². The lowest BCUT2D eigenvalue weighted by Gasteiger charge is -2.59. The molecule has 0 aromatic carbocycles. The van der Waals surface area contributed by atoms with Gasteiger partial charge in [0.25, 0.3) is 0 Å². The largest absolute Gasteiger partial charge is 0.303 e. The van der Waals surface area contributed by atoms with Gasteiger partial charge in [-0.15, -0.1) is 0 Å². The van der Waals surface area contributed by atoms with Crippen LogP contribution in [0.3, 0.4) is 0 Å². The Labute approximate surface area is 142 Å². The Morgan fingerprint density at radius 1 is 1.04 bits per heavy atom. The second kappa shape index (κ2) is 5.46. The molecule has 128 valence electrons. The van der Waals surface area contributed by atoms with Crippen LogP contribution in [0.1, 0.15) is 78.6 Å². The number of carbonyl (C=O) groups excluding carboxylic acids is 1. The lowest BCUT2D eigenvalue weighted by molar-refractivity contribution is -0.146. The number of aldehydes is 1. The Hall–Kier alpha value is -0.590. The summed E-state index contributed by atoms with van der Waals surface area (Å²) in [5.41, 5.74) is 2.23. The molecule has 0 N–H and O–H groups in total. The third kappa shape index (κ3) is 2.07. The van der Waals surface area contributed by atoms with Crippen molar-refractivity contribution in [2.45, 2.75) is 78.6 Å². The van der Waals surface area contributed by atoms with Crippen LogP contribution >= 0.6 is 0 Å². The van der Waals surface area contributed by atoms with Gasteiger partial charge in [0.15, 0.2) is 0 Å². The van der Waals surface area contributed by atoms with Crippen molar-refractivity contribution in [3.05, 3.63) is 11.6 Å². The molecule has 0 spiro atoms. The van der Waals surface area contributed by atoms with Gasteiger partial charge >= 0.3 is 0 Å².